The Morgan fingerprint density at radius 1 is 0.839 bits per heavy atom. The minimum Gasteiger partial charge on any atom is -0.423 e. The Morgan fingerprint density at radius 3 is 2.16 bits per heavy atom. The maximum Gasteiger partial charge on any atom is 0.302 e. The first-order valence-electron chi connectivity index (χ1n) is 9.27. The number of nitrogens with one attached hydrogen (secondary N) is 1. The molecule has 2 heterocycles. The largest absolute Gasteiger partial charge is 0.423 e. The van der Waals surface area contributed by atoms with E-state index in [-0.39, 0.29) is 11.6 Å². The summed E-state index contributed by atoms with van der Waals surface area (Å²) in [4.78, 5) is 17.6. The van der Waals surface area contributed by atoms with E-state index in [9.17, 15) is 4.79 Å². The Labute approximate surface area is 186 Å². The van der Waals surface area contributed by atoms with E-state index in [4.69, 9.17) is 32.1 Å². The Bertz CT molecular complexity index is 1290. The summed E-state index contributed by atoms with van der Waals surface area (Å²) >= 11 is 12.0. The zero-order chi connectivity index (χ0) is 21.4. The van der Waals surface area contributed by atoms with E-state index in [0.29, 0.717) is 43.7 Å². The van der Waals surface area contributed by atoms with Gasteiger partial charge in [-0.2, -0.15) is 4.98 Å². The third-order valence-corrected chi connectivity index (χ3v) is 5.16. The summed E-state index contributed by atoms with van der Waals surface area (Å²) < 4.78 is 11.2. The molecule has 0 atom stereocenters. The van der Waals surface area contributed by atoms with Gasteiger partial charge in [-0.25, -0.2) is 0 Å². The smallest absolute Gasteiger partial charge is 0.302 e. The van der Waals surface area contributed by atoms with Crippen molar-refractivity contribution in [3.8, 4) is 22.6 Å². The number of rotatable bonds is 4. The number of anilines is 1. The molecule has 0 aliphatic heterocycles. The lowest BCUT2D eigenvalue weighted by molar-refractivity contribution is 0.102. The summed E-state index contributed by atoms with van der Waals surface area (Å²) in [5.41, 5.74) is 3.15. The number of halogens is 2. The number of fused-ring (bicyclic) bond motifs is 1. The molecule has 0 bridgehead atoms. The topological polar surface area (TPSA) is 81.2 Å². The van der Waals surface area contributed by atoms with Crippen LogP contribution >= 0.6 is 23.2 Å². The van der Waals surface area contributed by atoms with E-state index in [0.717, 1.165) is 0 Å². The van der Waals surface area contributed by atoms with E-state index < -0.39 is 5.91 Å². The first kappa shape index (κ1) is 19.4. The Morgan fingerprint density at radius 2 is 1.48 bits per heavy atom. The highest BCUT2D eigenvalue weighted by Gasteiger charge is 2.26. The number of nitrogens with zero attached hydrogens (tertiary/aromatic N) is 2. The summed E-state index contributed by atoms with van der Waals surface area (Å²) in [5.74, 6) is -0.169. The third-order valence-electron chi connectivity index (χ3n) is 4.66. The molecule has 8 heteroatoms. The number of hydrogen-bond acceptors (Lipinski definition) is 5. The highest BCUT2D eigenvalue weighted by molar-refractivity contribution is 6.31. The molecule has 6 nitrogen and oxygen atoms in total. The second-order valence-electron chi connectivity index (χ2n) is 6.69. The van der Waals surface area contributed by atoms with Gasteiger partial charge in [0.15, 0.2) is 11.3 Å². The molecule has 3 aromatic carbocycles. The van der Waals surface area contributed by atoms with Crippen molar-refractivity contribution < 1.29 is 13.7 Å². The molecule has 31 heavy (non-hydrogen) atoms. The molecule has 0 unspecified atom stereocenters. The van der Waals surface area contributed by atoms with Crippen molar-refractivity contribution in [2.24, 2.45) is 0 Å². The monoisotopic (exact) mass is 449 g/mol. The maximum atomic E-state index is 13.3. The Balaban J connectivity index is 1.59. The predicted octanol–water partition coefficient (Wildman–Crippen LogP) is 6.71. The van der Waals surface area contributed by atoms with Gasteiger partial charge in [-0.15, -0.1) is 0 Å². The zero-order valence-corrected chi connectivity index (χ0v) is 17.3. The van der Waals surface area contributed by atoms with Crippen LogP contribution in [0.25, 0.3) is 33.7 Å². The van der Waals surface area contributed by atoms with Crippen LogP contribution in [0.5, 0.6) is 0 Å². The highest BCUT2D eigenvalue weighted by atomic mass is 35.5. The van der Waals surface area contributed by atoms with Gasteiger partial charge < -0.3 is 8.94 Å². The Hall–Kier alpha value is -3.61. The predicted molar refractivity (Wildman–Crippen MR) is 119 cm³/mol. The molecule has 0 aliphatic carbocycles. The molecule has 5 rings (SSSR count). The number of carbonyl (C=O) groups excluding carboxylic acids is 1. The van der Waals surface area contributed by atoms with E-state index in [1.807, 2.05) is 12.1 Å². The van der Waals surface area contributed by atoms with Crippen molar-refractivity contribution >= 4 is 46.2 Å². The standard InChI is InChI=1S/C23H13Cl2N3O3/c24-15-9-5-13(6-10-15)20-19(21(31-28-20)14-7-11-16(25)12-8-14)22(29)27-23-26-17-3-1-2-4-18(17)30-23/h1-12H,(H,26,27,29). The van der Waals surface area contributed by atoms with Crippen LogP contribution in [0.4, 0.5) is 6.01 Å². The molecular weight excluding hydrogens is 437 g/mol. The number of carbonyl (C=O) groups is 1. The van der Waals surface area contributed by atoms with Crippen LogP contribution in [0, 0.1) is 0 Å². The van der Waals surface area contributed by atoms with Crippen molar-refractivity contribution in [3.05, 3.63) is 88.4 Å². The van der Waals surface area contributed by atoms with Crippen molar-refractivity contribution in [1.82, 2.24) is 10.1 Å². The van der Waals surface area contributed by atoms with Gasteiger partial charge in [0.2, 0.25) is 0 Å². The lowest BCUT2D eigenvalue weighted by Gasteiger charge is -2.05. The summed E-state index contributed by atoms with van der Waals surface area (Å²) in [6.45, 7) is 0. The molecule has 0 saturated heterocycles. The number of oxazole rings is 1. The van der Waals surface area contributed by atoms with Crippen molar-refractivity contribution in [2.45, 2.75) is 0 Å². The molecule has 0 spiro atoms. The molecule has 0 saturated carbocycles. The van der Waals surface area contributed by atoms with Crippen molar-refractivity contribution in [1.29, 1.82) is 0 Å². The SMILES string of the molecule is O=C(Nc1nc2ccccc2o1)c1c(-c2ccc(Cl)cc2)noc1-c1ccc(Cl)cc1. The maximum absolute atomic E-state index is 13.3. The van der Waals surface area contributed by atoms with Gasteiger partial charge >= 0.3 is 6.01 Å². The number of benzene rings is 3. The van der Waals surface area contributed by atoms with Crippen LogP contribution < -0.4 is 5.32 Å². The summed E-state index contributed by atoms with van der Waals surface area (Å²) in [5, 5.41) is 8.01. The van der Waals surface area contributed by atoms with E-state index >= 15 is 0 Å². The van der Waals surface area contributed by atoms with E-state index in [2.05, 4.69) is 15.5 Å². The Kier molecular flexibility index (Phi) is 4.94. The van der Waals surface area contributed by atoms with Gasteiger partial charge in [-0.3, -0.25) is 10.1 Å². The molecule has 0 radical (unpaired) electrons. The molecule has 1 amide bonds. The minimum absolute atomic E-state index is 0.0801. The fourth-order valence-corrected chi connectivity index (χ4v) is 3.44. The molecule has 2 aromatic heterocycles. The lowest BCUT2D eigenvalue weighted by Crippen LogP contribution is -2.13. The molecular formula is C23H13Cl2N3O3. The fourth-order valence-electron chi connectivity index (χ4n) is 3.19. The van der Waals surface area contributed by atoms with Crippen LogP contribution in [-0.4, -0.2) is 16.0 Å². The molecule has 152 valence electrons. The molecule has 5 aromatic rings. The first-order valence-corrected chi connectivity index (χ1v) is 10.0. The molecule has 0 fully saturated rings. The minimum atomic E-state index is -0.470. The fraction of sp³-hybridized carbons (Fsp3) is 0. The van der Waals surface area contributed by atoms with Gasteiger partial charge in [0.25, 0.3) is 5.91 Å². The van der Waals surface area contributed by atoms with Crippen LogP contribution in [0.2, 0.25) is 10.0 Å². The van der Waals surface area contributed by atoms with Crippen molar-refractivity contribution in [2.75, 3.05) is 5.32 Å². The highest BCUT2D eigenvalue weighted by Crippen LogP contribution is 2.34. The summed E-state index contributed by atoms with van der Waals surface area (Å²) in [7, 11) is 0. The normalized spacial score (nSPS) is 11.0. The van der Waals surface area contributed by atoms with Gasteiger partial charge in [-0.1, -0.05) is 52.6 Å². The van der Waals surface area contributed by atoms with Gasteiger partial charge in [0.1, 0.15) is 16.8 Å². The number of para-hydroxylation sites is 2. The lowest BCUT2D eigenvalue weighted by atomic mass is 10.0. The van der Waals surface area contributed by atoms with Gasteiger partial charge in [0.05, 0.1) is 0 Å². The number of amides is 1. The second kappa shape index (κ2) is 7.91. The summed E-state index contributed by atoms with van der Waals surface area (Å²) in [6, 6.07) is 21.2. The quantitative estimate of drug-likeness (QED) is 0.329. The number of hydrogen-bond donors (Lipinski definition) is 1. The summed E-state index contributed by atoms with van der Waals surface area (Å²) in [6.07, 6.45) is 0. The van der Waals surface area contributed by atoms with Crippen molar-refractivity contribution in [3.63, 3.8) is 0 Å². The van der Waals surface area contributed by atoms with E-state index in [1.54, 1.807) is 60.7 Å². The first-order chi connectivity index (χ1) is 15.1. The molecule has 0 aliphatic rings. The zero-order valence-electron chi connectivity index (χ0n) is 15.8. The van der Waals surface area contributed by atoms with Crippen LogP contribution in [0.15, 0.2) is 81.7 Å². The number of aromatic nitrogens is 2. The second-order valence-corrected chi connectivity index (χ2v) is 7.56. The average Bonchev–Trinajstić information content (AvgIpc) is 3.39. The van der Waals surface area contributed by atoms with Crippen LogP contribution in [0.1, 0.15) is 10.4 Å². The van der Waals surface area contributed by atoms with Crippen LogP contribution in [0.3, 0.4) is 0 Å². The van der Waals surface area contributed by atoms with Crippen LogP contribution in [-0.2, 0) is 0 Å². The van der Waals surface area contributed by atoms with Gasteiger partial charge in [0, 0.05) is 21.2 Å². The third kappa shape index (κ3) is 3.79. The average molecular weight is 450 g/mol. The van der Waals surface area contributed by atoms with Gasteiger partial charge in [-0.05, 0) is 48.5 Å². The molecule has 1 N–H and O–H groups in total. The van der Waals surface area contributed by atoms with E-state index in [1.165, 1.54) is 0 Å².